The molecular formula is C13H25BrN2O2S. The SMILES string of the molecule is CC1CCCN(S(=O)(=O)N2CCCC2CCCBr)C1. The molecule has 0 saturated carbocycles. The number of alkyl halides is 1. The highest BCUT2D eigenvalue weighted by Gasteiger charge is 2.38. The standard InChI is InChI=1S/C13H25BrN2O2S/c1-12-5-3-9-15(11-12)19(17,18)16-10-4-7-13(16)6-2-8-14/h12-13H,2-11H2,1H3. The van der Waals surface area contributed by atoms with Gasteiger partial charge in [-0.05, 0) is 44.4 Å². The van der Waals surface area contributed by atoms with Crippen LogP contribution in [0.3, 0.4) is 0 Å². The number of hydrogen-bond acceptors (Lipinski definition) is 2. The van der Waals surface area contributed by atoms with Gasteiger partial charge in [-0.2, -0.15) is 17.0 Å². The van der Waals surface area contributed by atoms with Gasteiger partial charge >= 0.3 is 0 Å². The summed E-state index contributed by atoms with van der Waals surface area (Å²) in [6.07, 6.45) is 6.21. The molecule has 2 saturated heterocycles. The van der Waals surface area contributed by atoms with Gasteiger partial charge in [-0.15, -0.1) is 0 Å². The zero-order chi connectivity index (χ0) is 13.9. The van der Waals surface area contributed by atoms with Crippen LogP contribution in [0.15, 0.2) is 0 Å². The number of hydrogen-bond donors (Lipinski definition) is 0. The largest absolute Gasteiger partial charge is 0.282 e. The molecule has 0 bridgehead atoms. The molecule has 112 valence electrons. The zero-order valence-corrected chi connectivity index (χ0v) is 14.1. The Bertz CT molecular complexity index is 388. The highest BCUT2D eigenvalue weighted by atomic mass is 79.9. The molecule has 6 heteroatoms. The van der Waals surface area contributed by atoms with Gasteiger partial charge in [-0.25, -0.2) is 0 Å². The first-order valence-corrected chi connectivity index (χ1v) is 9.90. The van der Waals surface area contributed by atoms with Crippen LogP contribution in [0.25, 0.3) is 0 Å². The van der Waals surface area contributed by atoms with Crippen molar-refractivity contribution in [3.05, 3.63) is 0 Å². The molecule has 0 aromatic carbocycles. The average Bonchev–Trinajstić information content (AvgIpc) is 2.85. The summed E-state index contributed by atoms with van der Waals surface area (Å²) in [4.78, 5) is 0. The molecule has 2 unspecified atom stereocenters. The molecule has 0 spiro atoms. The van der Waals surface area contributed by atoms with Crippen LogP contribution >= 0.6 is 15.9 Å². The van der Waals surface area contributed by atoms with Gasteiger partial charge in [-0.3, -0.25) is 0 Å². The van der Waals surface area contributed by atoms with Crippen molar-refractivity contribution in [2.24, 2.45) is 5.92 Å². The zero-order valence-electron chi connectivity index (χ0n) is 11.7. The third kappa shape index (κ3) is 3.71. The lowest BCUT2D eigenvalue weighted by Crippen LogP contribution is -2.49. The van der Waals surface area contributed by atoms with Crippen LogP contribution in [-0.4, -0.2) is 48.0 Å². The van der Waals surface area contributed by atoms with E-state index < -0.39 is 10.2 Å². The second kappa shape index (κ2) is 6.87. The van der Waals surface area contributed by atoms with E-state index in [0.29, 0.717) is 25.6 Å². The maximum atomic E-state index is 12.7. The average molecular weight is 353 g/mol. The monoisotopic (exact) mass is 352 g/mol. The summed E-state index contributed by atoms with van der Waals surface area (Å²) >= 11 is 3.43. The second-order valence-corrected chi connectivity index (χ2v) is 8.53. The predicted octanol–water partition coefficient (Wildman–Crippen LogP) is 2.60. The minimum Gasteiger partial charge on any atom is -0.195 e. The van der Waals surface area contributed by atoms with Gasteiger partial charge < -0.3 is 0 Å². The number of piperidine rings is 1. The maximum Gasteiger partial charge on any atom is 0.282 e. The van der Waals surface area contributed by atoms with Gasteiger partial charge in [0.1, 0.15) is 0 Å². The first-order chi connectivity index (χ1) is 9.05. The molecule has 2 fully saturated rings. The third-order valence-corrected chi connectivity index (χ3v) is 6.85. The summed E-state index contributed by atoms with van der Waals surface area (Å²) in [6, 6.07) is 0.222. The van der Waals surface area contributed by atoms with E-state index in [-0.39, 0.29) is 6.04 Å². The summed E-state index contributed by atoms with van der Waals surface area (Å²) in [5.41, 5.74) is 0. The van der Waals surface area contributed by atoms with E-state index in [0.717, 1.165) is 43.9 Å². The van der Waals surface area contributed by atoms with Crippen molar-refractivity contribution in [1.82, 2.24) is 8.61 Å². The molecule has 0 amide bonds. The minimum absolute atomic E-state index is 0.222. The van der Waals surface area contributed by atoms with Crippen molar-refractivity contribution < 1.29 is 8.42 Å². The lowest BCUT2D eigenvalue weighted by Gasteiger charge is -2.35. The molecule has 2 atom stereocenters. The van der Waals surface area contributed by atoms with Crippen molar-refractivity contribution in [2.75, 3.05) is 25.0 Å². The second-order valence-electron chi connectivity index (χ2n) is 5.85. The van der Waals surface area contributed by atoms with Crippen molar-refractivity contribution >= 4 is 26.1 Å². The van der Waals surface area contributed by atoms with Gasteiger partial charge in [0.2, 0.25) is 0 Å². The molecule has 2 rings (SSSR count). The Morgan fingerprint density at radius 1 is 1.21 bits per heavy atom. The smallest absolute Gasteiger partial charge is 0.195 e. The summed E-state index contributed by atoms with van der Waals surface area (Å²) < 4.78 is 29.0. The summed E-state index contributed by atoms with van der Waals surface area (Å²) in [5, 5.41) is 0.956. The van der Waals surface area contributed by atoms with E-state index >= 15 is 0 Å². The van der Waals surface area contributed by atoms with Gasteiger partial charge in [0.25, 0.3) is 10.2 Å². The quantitative estimate of drug-likeness (QED) is 0.713. The Kier molecular flexibility index (Phi) is 5.69. The summed E-state index contributed by atoms with van der Waals surface area (Å²) in [7, 11) is -3.22. The lowest BCUT2D eigenvalue weighted by molar-refractivity contribution is 0.251. The van der Waals surface area contributed by atoms with E-state index in [1.165, 1.54) is 0 Å². The van der Waals surface area contributed by atoms with Crippen LogP contribution in [0.1, 0.15) is 45.4 Å². The molecule has 0 N–H and O–H groups in total. The Hall–Kier alpha value is 0.350. The maximum absolute atomic E-state index is 12.7. The third-order valence-electron chi connectivity index (χ3n) is 4.24. The van der Waals surface area contributed by atoms with E-state index in [1.807, 2.05) is 0 Å². The van der Waals surface area contributed by atoms with Crippen molar-refractivity contribution in [2.45, 2.75) is 51.5 Å². The fraction of sp³-hybridized carbons (Fsp3) is 1.00. The number of halogens is 1. The molecule has 19 heavy (non-hydrogen) atoms. The van der Waals surface area contributed by atoms with E-state index in [4.69, 9.17) is 0 Å². The molecular weight excluding hydrogens is 328 g/mol. The Balaban J connectivity index is 2.05. The lowest BCUT2D eigenvalue weighted by atomic mass is 10.0. The summed E-state index contributed by atoms with van der Waals surface area (Å²) in [6.45, 7) is 4.26. The van der Waals surface area contributed by atoms with Gasteiger partial charge in [-0.1, -0.05) is 22.9 Å². The fourth-order valence-electron chi connectivity index (χ4n) is 3.22. The fourth-order valence-corrected chi connectivity index (χ4v) is 5.59. The molecule has 2 heterocycles. The molecule has 0 aromatic rings. The van der Waals surface area contributed by atoms with Crippen LogP contribution in [0.5, 0.6) is 0 Å². The highest BCUT2D eigenvalue weighted by Crippen LogP contribution is 2.29. The normalized spacial score (nSPS) is 30.8. The Morgan fingerprint density at radius 3 is 2.63 bits per heavy atom. The van der Waals surface area contributed by atoms with Crippen LogP contribution in [-0.2, 0) is 10.2 Å². The molecule has 0 aromatic heterocycles. The molecule has 2 aliphatic rings. The Morgan fingerprint density at radius 2 is 1.95 bits per heavy atom. The first-order valence-electron chi connectivity index (χ1n) is 7.38. The van der Waals surface area contributed by atoms with Crippen LogP contribution in [0.4, 0.5) is 0 Å². The molecule has 2 aliphatic heterocycles. The molecule has 0 aliphatic carbocycles. The van der Waals surface area contributed by atoms with E-state index in [2.05, 4.69) is 22.9 Å². The van der Waals surface area contributed by atoms with Gasteiger partial charge in [0.15, 0.2) is 0 Å². The number of rotatable bonds is 5. The van der Waals surface area contributed by atoms with Crippen molar-refractivity contribution in [1.29, 1.82) is 0 Å². The predicted molar refractivity (Wildman–Crippen MR) is 81.6 cm³/mol. The number of nitrogens with zero attached hydrogens (tertiary/aromatic N) is 2. The summed E-state index contributed by atoms with van der Waals surface area (Å²) in [5.74, 6) is 0.493. The van der Waals surface area contributed by atoms with Crippen LogP contribution in [0.2, 0.25) is 0 Å². The highest BCUT2D eigenvalue weighted by molar-refractivity contribution is 9.09. The van der Waals surface area contributed by atoms with E-state index in [1.54, 1.807) is 8.61 Å². The van der Waals surface area contributed by atoms with Crippen molar-refractivity contribution in [3.63, 3.8) is 0 Å². The first kappa shape index (κ1) is 15.7. The molecule has 4 nitrogen and oxygen atoms in total. The topological polar surface area (TPSA) is 40.6 Å². The minimum atomic E-state index is -3.22. The van der Waals surface area contributed by atoms with Crippen LogP contribution in [0, 0.1) is 5.92 Å². The molecule has 0 radical (unpaired) electrons. The van der Waals surface area contributed by atoms with E-state index in [9.17, 15) is 8.42 Å². The van der Waals surface area contributed by atoms with Gasteiger partial charge in [0, 0.05) is 31.0 Å². The van der Waals surface area contributed by atoms with Crippen LogP contribution < -0.4 is 0 Å². The van der Waals surface area contributed by atoms with Gasteiger partial charge in [0.05, 0.1) is 0 Å². The Labute approximate surface area is 125 Å². The van der Waals surface area contributed by atoms with Crippen molar-refractivity contribution in [3.8, 4) is 0 Å².